The maximum Gasteiger partial charge on any atom is 0.123 e. The third-order valence-corrected chi connectivity index (χ3v) is 3.41. The van der Waals surface area contributed by atoms with E-state index in [1.807, 2.05) is 19.2 Å². The Labute approximate surface area is 90.7 Å². The molecule has 1 atom stereocenters. The fourth-order valence-corrected chi connectivity index (χ4v) is 2.64. The van der Waals surface area contributed by atoms with E-state index in [4.69, 9.17) is 0 Å². The molecule has 2 heteroatoms. The summed E-state index contributed by atoms with van der Waals surface area (Å²) >= 11 is 0. The predicted molar refractivity (Wildman–Crippen MR) is 60.2 cm³/mol. The third-order valence-electron chi connectivity index (χ3n) is 3.41. The van der Waals surface area contributed by atoms with Gasteiger partial charge in [-0.2, -0.15) is 0 Å². The molecule has 0 spiro atoms. The smallest absolute Gasteiger partial charge is 0.123 e. The van der Waals surface area contributed by atoms with Crippen LogP contribution in [0, 0.1) is 11.7 Å². The number of hydrogen-bond acceptors (Lipinski definition) is 1. The average Bonchev–Trinajstić information content (AvgIpc) is 2.75. The molecule has 1 nitrogen and oxygen atoms in total. The van der Waals surface area contributed by atoms with Crippen molar-refractivity contribution in [3.05, 3.63) is 35.6 Å². The Hall–Kier alpha value is -0.890. The van der Waals surface area contributed by atoms with Crippen LogP contribution in [0.4, 0.5) is 4.39 Å². The van der Waals surface area contributed by atoms with Crippen molar-refractivity contribution in [1.82, 2.24) is 5.32 Å². The third kappa shape index (κ3) is 2.37. The average molecular weight is 207 g/mol. The van der Waals surface area contributed by atoms with E-state index in [0.29, 0.717) is 6.04 Å². The molecule has 0 radical (unpaired) electrons. The number of nitrogens with one attached hydrogen (secondary N) is 1. The molecular weight excluding hydrogens is 189 g/mol. The van der Waals surface area contributed by atoms with Gasteiger partial charge in [-0.15, -0.1) is 0 Å². The Kier molecular flexibility index (Phi) is 3.37. The van der Waals surface area contributed by atoms with Gasteiger partial charge in [0.2, 0.25) is 0 Å². The molecule has 1 saturated carbocycles. The van der Waals surface area contributed by atoms with Crippen LogP contribution in [-0.4, -0.2) is 7.05 Å². The van der Waals surface area contributed by atoms with Crippen LogP contribution in [0.25, 0.3) is 0 Å². The van der Waals surface area contributed by atoms with Crippen molar-refractivity contribution in [2.24, 2.45) is 5.92 Å². The first kappa shape index (κ1) is 10.6. The van der Waals surface area contributed by atoms with Crippen LogP contribution in [0.1, 0.15) is 37.3 Å². The Morgan fingerprint density at radius 3 is 2.33 bits per heavy atom. The fourth-order valence-electron chi connectivity index (χ4n) is 2.64. The normalized spacial score (nSPS) is 19.3. The summed E-state index contributed by atoms with van der Waals surface area (Å²) in [5.74, 6) is 0.570. The molecule has 82 valence electrons. The lowest BCUT2D eigenvalue weighted by molar-refractivity contribution is 0.390. The molecule has 0 saturated heterocycles. The van der Waals surface area contributed by atoms with Gasteiger partial charge in [-0.3, -0.25) is 0 Å². The van der Waals surface area contributed by atoms with Crippen molar-refractivity contribution in [2.75, 3.05) is 7.05 Å². The molecule has 1 aliphatic rings. The molecule has 15 heavy (non-hydrogen) atoms. The predicted octanol–water partition coefficient (Wildman–Crippen LogP) is 3.28. The molecule has 1 unspecified atom stereocenters. The monoisotopic (exact) mass is 207 g/mol. The van der Waals surface area contributed by atoms with Crippen molar-refractivity contribution >= 4 is 0 Å². The first-order chi connectivity index (χ1) is 7.31. The Morgan fingerprint density at radius 2 is 1.80 bits per heavy atom. The summed E-state index contributed by atoms with van der Waals surface area (Å²) in [6.07, 6.45) is 5.26. The molecular formula is C13H18FN. The fraction of sp³-hybridized carbons (Fsp3) is 0.538. The molecule has 1 aromatic rings. The van der Waals surface area contributed by atoms with Gasteiger partial charge in [0.1, 0.15) is 5.82 Å². The second-order valence-corrected chi connectivity index (χ2v) is 4.36. The summed E-state index contributed by atoms with van der Waals surface area (Å²) in [4.78, 5) is 0. The minimum absolute atomic E-state index is 0.153. The Morgan fingerprint density at radius 1 is 1.20 bits per heavy atom. The molecule has 0 bridgehead atoms. The lowest BCUT2D eigenvalue weighted by atomic mass is 9.92. The van der Waals surface area contributed by atoms with E-state index >= 15 is 0 Å². The van der Waals surface area contributed by atoms with Gasteiger partial charge in [0.15, 0.2) is 0 Å². The van der Waals surface area contributed by atoms with Gasteiger partial charge in [-0.1, -0.05) is 25.0 Å². The maximum atomic E-state index is 12.8. The van der Waals surface area contributed by atoms with Gasteiger partial charge in [-0.25, -0.2) is 4.39 Å². The highest BCUT2D eigenvalue weighted by Crippen LogP contribution is 2.35. The van der Waals surface area contributed by atoms with Crippen LogP contribution in [0.15, 0.2) is 24.3 Å². The molecule has 1 aliphatic carbocycles. The van der Waals surface area contributed by atoms with E-state index in [2.05, 4.69) is 5.32 Å². The SMILES string of the molecule is CNC(c1ccc(F)cc1)C1CCCC1. The highest BCUT2D eigenvalue weighted by molar-refractivity contribution is 5.20. The summed E-state index contributed by atoms with van der Waals surface area (Å²) < 4.78 is 12.8. The largest absolute Gasteiger partial charge is 0.313 e. The lowest BCUT2D eigenvalue weighted by Gasteiger charge is -2.23. The van der Waals surface area contributed by atoms with Crippen LogP contribution in [0.2, 0.25) is 0 Å². The molecule has 0 amide bonds. The number of benzene rings is 1. The first-order valence-corrected chi connectivity index (χ1v) is 5.74. The van der Waals surface area contributed by atoms with Crippen LogP contribution in [0.5, 0.6) is 0 Å². The second kappa shape index (κ2) is 4.75. The van der Waals surface area contributed by atoms with Crippen molar-refractivity contribution in [2.45, 2.75) is 31.7 Å². The maximum absolute atomic E-state index is 12.8. The van der Waals surface area contributed by atoms with E-state index in [1.54, 1.807) is 12.1 Å². The zero-order chi connectivity index (χ0) is 10.7. The van der Waals surface area contributed by atoms with Crippen LogP contribution >= 0.6 is 0 Å². The number of rotatable bonds is 3. The van der Waals surface area contributed by atoms with Crippen molar-refractivity contribution in [3.63, 3.8) is 0 Å². The van der Waals surface area contributed by atoms with Gasteiger partial charge in [0, 0.05) is 6.04 Å². The molecule has 1 fully saturated rings. The highest BCUT2D eigenvalue weighted by atomic mass is 19.1. The molecule has 0 aliphatic heterocycles. The number of hydrogen-bond donors (Lipinski definition) is 1. The topological polar surface area (TPSA) is 12.0 Å². The zero-order valence-electron chi connectivity index (χ0n) is 9.17. The van der Waals surface area contributed by atoms with Crippen LogP contribution < -0.4 is 5.32 Å². The standard InChI is InChI=1S/C13H18FN/c1-15-13(10-4-2-3-5-10)11-6-8-12(14)9-7-11/h6-10,13,15H,2-5H2,1H3. The van der Waals surface area contributed by atoms with E-state index in [0.717, 1.165) is 5.92 Å². The molecule has 2 rings (SSSR count). The summed E-state index contributed by atoms with van der Waals surface area (Å²) in [5.41, 5.74) is 1.21. The van der Waals surface area contributed by atoms with Gasteiger partial charge < -0.3 is 5.32 Å². The minimum Gasteiger partial charge on any atom is -0.313 e. The quantitative estimate of drug-likeness (QED) is 0.802. The molecule has 1 N–H and O–H groups in total. The van der Waals surface area contributed by atoms with E-state index in [9.17, 15) is 4.39 Å². The molecule has 0 aromatic heterocycles. The highest BCUT2D eigenvalue weighted by Gasteiger charge is 2.24. The van der Waals surface area contributed by atoms with Crippen molar-refractivity contribution in [3.8, 4) is 0 Å². The summed E-state index contributed by atoms with van der Waals surface area (Å²) in [6.45, 7) is 0. The summed E-state index contributed by atoms with van der Waals surface area (Å²) in [7, 11) is 1.99. The van der Waals surface area contributed by atoms with Gasteiger partial charge in [0.05, 0.1) is 0 Å². The summed E-state index contributed by atoms with van der Waals surface area (Å²) in [6, 6.07) is 7.29. The minimum atomic E-state index is -0.153. The van der Waals surface area contributed by atoms with Crippen LogP contribution in [-0.2, 0) is 0 Å². The van der Waals surface area contributed by atoms with Crippen molar-refractivity contribution < 1.29 is 4.39 Å². The Balaban J connectivity index is 2.14. The van der Waals surface area contributed by atoms with Gasteiger partial charge in [0.25, 0.3) is 0 Å². The number of halogens is 1. The van der Waals surface area contributed by atoms with Gasteiger partial charge >= 0.3 is 0 Å². The Bertz CT molecular complexity index is 301. The zero-order valence-corrected chi connectivity index (χ0v) is 9.17. The van der Waals surface area contributed by atoms with E-state index in [-0.39, 0.29) is 5.82 Å². The van der Waals surface area contributed by atoms with Crippen LogP contribution in [0.3, 0.4) is 0 Å². The molecule has 1 aromatic carbocycles. The van der Waals surface area contributed by atoms with Crippen molar-refractivity contribution in [1.29, 1.82) is 0 Å². The van der Waals surface area contributed by atoms with E-state index < -0.39 is 0 Å². The summed E-state index contributed by atoms with van der Waals surface area (Å²) in [5, 5.41) is 3.36. The lowest BCUT2D eigenvalue weighted by Crippen LogP contribution is -2.23. The van der Waals surface area contributed by atoms with Gasteiger partial charge in [-0.05, 0) is 43.5 Å². The second-order valence-electron chi connectivity index (χ2n) is 4.36. The molecule has 0 heterocycles. The first-order valence-electron chi connectivity index (χ1n) is 5.74. The van der Waals surface area contributed by atoms with E-state index in [1.165, 1.54) is 31.2 Å².